The number of aryl methyl sites for hydroxylation is 1. The van der Waals surface area contributed by atoms with Crippen molar-refractivity contribution in [3.63, 3.8) is 0 Å². The Labute approximate surface area is 84.8 Å². The van der Waals surface area contributed by atoms with Gasteiger partial charge in [0, 0.05) is 0 Å². The Balaban J connectivity index is 3.24. The van der Waals surface area contributed by atoms with Gasteiger partial charge in [-0.15, -0.1) is 0 Å². The van der Waals surface area contributed by atoms with E-state index in [-0.39, 0.29) is 5.82 Å². The molecule has 0 bridgehead atoms. The molecule has 0 aliphatic heterocycles. The summed E-state index contributed by atoms with van der Waals surface area (Å²) < 4.78 is 13.4. The molecule has 13 heavy (non-hydrogen) atoms. The maximum Gasteiger partial charge on any atom is 0.137 e. The molecule has 0 aromatic heterocycles. The quantitative estimate of drug-likeness (QED) is 0.599. The average Bonchev–Trinajstić information content (AvgIpc) is 1.99. The summed E-state index contributed by atoms with van der Waals surface area (Å²) in [5.74, 6) is 0.174. The van der Waals surface area contributed by atoms with Crippen LogP contribution in [0.3, 0.4) is 0 Å². The standard InChI is InChI=1S/C9H10BrFN2/c1-5-3-8(11)7(10)4-9(5)13-6(2)12/h3-4H,1-2H3,(H2,12,13). The molecule has 0 saturated carbocycles. The van der Waals surface area contributed by atoms with Gasteiger partial charge < -0.3 is 5.73 Å². The number of nitrogens with two attached hydrogens (primary N) is 1. The molecule has 0 unspecified atom stereocenters. The van der Waals surface area contributed by atoms with Crippen LogP contribution < -0.4 is 5.73 Å². The molecular weight excluding hydrogens is 235 g/mol. The van der Waals surface area contributed by atoms with E-state index in [0.717, 1.165) is 5.56 Å². The number of rotatable bonds is 1. The summed E-state index contributed by atoms with van der Waals surface area (Å²) in [6.45, 7) is 3.48. The third-order valence-electron chi connectivity index (χ3n) is 1.54. The first-order chi connectivity index (χ1) is 6.00. The minimum atomic E-state index is -0.286. The lowest BCUT2D eigenvalue weighted by molar-refractivity contribution is 0.620. The van der Waals surface area contributed by atoms with Gasteiger partial charge in [0.1, 0.15) is 5.82 Å². The van der Waals surface area contributed by atoms with Crippen LogP contribution in [-0.2, 0) is 0 Å². The van der Waals surface area contributed by atoms with Gasteiger partial charge in [0.2, 0.25) is 0 Å². The highest BCUT2D eigenvalue weighted by Gasteiger charge is 2.03. The molecule has 1 aromatic carbocycles. The lowest BCUT2D eigenvalue weighted by atomic mass is 10.2. The minimum Gasteiger partial charge on any atom is -0.387 e. The number of halogens is 2. The van der Waals surface area contributed by atoms with Crippen molar-refractivity contribution in [3.05, 3.63) is 28.0 Å². The summed E-state index contributed by atoms with van der Waals surface area (Å²) >= 11 is 3.09. The fraction of sp³-hybridized carbons (Fsp3) is 0.222. The molecule has 0 aliphatic carbocycles. The van der Waals surface area contributed by atoms with Gasteiger partial charge in [0.25, 0.3) is 0 Å². The smallest absolute Gasteiger partial charge is 0.137 e. The van der Waals surface area contributed by atoms with Crippen LogP contribution in [0.15, 0.2) is 21.6 Å². The molecular formula is C9H10BrFN2. The van der Waals surface area contributed by atoms with E-state index in [1.165, 1.54) is 6.07 Å². The molecule has 0 amide bonds. The molecule has 0 atom stereocenters. The number of benzene rings is 1. The predicted molar refractivity (Wildman–Crippen MR) is 55.8 cm³/mol. The summed E-state index contributed by atoms with van der Waals surface area (Å²) in [6.07, 6.45) is 0. The molecule has 0 saturated heterocycles. The highest BCUT2D eigenvalue weighted by atomic mass is 79.9. The van der Waals surface area contributed by atoms with Crippen LogP contribution in [0.25, 0.3) is 0 Å². The van der Waals surface area contributed by atoms with Gasteiger partial charge in [-0.1, -0.05) is 0 Å². The van der Waals surface area contributed by atoms with Gasteiger partial charge in [-0.3, -0.25) is 0 Å². The van der Waals surface area contributed by atoms with Crippen LogP contribution in [0.2, 0.25) is 0 Å². The fourth-order valence-corrected chi connectivity index (χ4v) is 1.28. The van der Waals surface area contributed by atoms with Gasteiger partial charge in [-0.25, -0.2) is 9.38 Å². The number of amidine groups is 1. The third kappa shape index (κ3) is 2.52. The maximum atomic E-state index is 13.0. The highest BCUT2D eigenvalue weighted by molar-refractivity contribution is 9.10. The summed E-state index contributed by atoms with van der Waals surface area (Å²) in [5, 5.41) is 0. The molecule has 2 nitrogen and oxygen atoms in total. The Morgan fingerprint density at radius 3 is 2.69 bits per heavy atom. The normalized spacial score (nSPS) is 11.8. The third-order valence-corrected chi connectivity index (χ3v) is 2.14. The van der Waals surface area contributed by atoms with E-state index < -0.39 is 0 Å². The first-order valence-corrected chi connectivity index (χ1v) is 4.56. The van der Waals surface area contributed by atoms with Crippen molar-refractivity contribution in [1.29, 1.82) is 0 Å². The zero-order valence-electron chi connectivity index (χ0n) is 7.44. The molecule has 0 radical (unpaired) electrons. The van der Waals surface area contributed by atoms with E-state index >= 15 is 0 Å². The number of hydrogen-bond donors (Lipinski definition) is 1. The minimum absolute atomic E-state index is 0.286. The summed E-state index contributed by atoms with van der Waals surface area (Å²) in [4.78, 5) is 4.06. The predicted octanol–water partition coefficient (Wildman–Crippen LogP) is 2.91. The van der Waals surface area contributed by atoms with Crippen LogP contribution >= 0.6 is 15.9 Å². The molecule has 0 spiro atoms. The van der Waals surface area contributed by atoms with E-state index in [2.05, 4.69) is 20.9 Å². The van der Waals surface area contributed by atoms with Crippen LogP contribution in [-0.4, -0.2) is 5.84 Å². The van der Waals surface area contributed by atoms with E-state index in [1.54, 1.807) is 19.9 Å². The zero-order chi connectivity index (χ0) is 10.0. The Morgan fingerprint density at radius 2 is 2.15 bits per heavy atom. The van der Waals surface area contributed by atoms with Gasteiger partial charge in [-0.05, 0) is 47.5 Å². The lowest BCUT2D eigenvalue weighted by Crippen LogP contribution is -2.04. The number of hydrogen-bond acceptors (Lipinski definition) is 1. The van der Waals surface area contributed by atoms with Crippen molar-refractivity contribution in [1.82, 2.24) is 0 Å². The van der Waals surface area contributed by atoms with Crippen molar-refractivity contribution in [2.75, 3.05) is 0 Å². The zero-order valence-corrected chi connectivity index (χ0v) is 9.02. The number of nitrogens with zero attached hydrogens (tertiary/aromatic N) is 1. The Hall–Kier alpha value is -0.900. The summed E-state index contributed by atoms with van der Waals surface area (Å²) in [7, 11) is 0. The van der Waals surface area contributed by atoms with Crippen LogP contribution in [0, 0.1) is 12.7 Å². The Bertz CT molecular complexity index is 357. The van der Waals surface area contributed by atoms with Crippen molar-refractivity contribution in [3.8, 4) is 0 Å². The second-order valence-corrected chi connectivity index (χ2v) is 3.66. The highest BCUT2D eigenvalue weighted by Crippen LogP contribution is 2.26. The first kappa shape index (κ1) is 10.2. The molecule has 0 aliphatic rings. The molecule has 70 valence electrons. The van der Waals surface area contributed by atoms with E-state index in [1.807, 2.05) is 0 Å². The molecule has 1 rings (SSSR count). The molecule has 0 fully saturated rings. The molecule has 1 aromatic rings. The van der Waals surface area contributed by atoms with Gasteiger partial charge in [-0.2, -0.15) is 0 Å². The summed E-state index contributed by atoms with van der Waals surface area (Å²) in [5.41, 5.74) is 6.88. The van der Waals surface area contributed by atoms with Gasteiger partial charge >= 0.3 is 0 Å². The molecule has 0 heterocycles. The first-order valence-electron chi connectivity index (χ1n) is 3.77. The second kappa shape index (κ2) is 3.87. The van der Waals surface area contributed by atoms with Crippen molar-refractivity contribution in [2.24, 2.45) is 10.7 Å². The second-order valence-electron chi connectivity index (χ2n) is 2.81. The Kier molecular flexibility index (Phi) is 3.03. The van der Waals surface area contributed by atoms with E-state index in [9.17, 15) is 4.39 Å². The van der Waals surface area contributed by atoms with Gasteiger partial charge in [0.05, 0.1) is 16.0 Å². The topological polar surface area (TPSA) is 38.4 Å². The largest absolute Gasteiger partial charge is 0.387 e. The summed E-state index contributed by atoms with van der Waals surface area (Å²) in [6, 6.07) is 3.03. The van der Waals surface area contributed by atoms with E-state index in [0.29, 0.717) is 16.0 Å². The van der Waals surface area contributed by atoms with Crippen molar-refractivity contribution in [2.45, 2.75) is 13.8 Å². The van der Waals surface area contributed by atoms with Crippen LogP contribution in [0.4, 0.5) is 10.1 Å². The monoisotopic (exact) mass is 244 g/mol. The maximum absolute atomic E-state index is 13.0. The average molecular weight is 245 g/mol. The van der Waals surface area contributed by atoms with Crippen molar-refractivity contribution >= 4 is 27.5 Å². The lowest BCUT2D eigenvalue weighted by Gasteiger charge is -2.02. The van der Waals surface area contributed by atoms with Gasteiger partial charge in [0.15, 0.2) is 0 Å². The van der Waals surface area contributed by atoms with Crippen LogP contribution in [0.1, 0.15) is 12.5 Å². The van der Waals surface area contributed by atoms with Crippen molar-refractivity contribution < 1.29 is 4.39 Å². The van der Waals surface area contributed by atoms with E-state index in [4.69, 9.17) is 5.73 Å². The Morgan fingerprint density at radius 1 is 1.54 bits per heavy atom. The van der Waals surface area contributed by atoms with Crippen LogP contribution in [0.5, 0.6) is 0 Å². The SMILES string of the molecule is CC(N)=Nc1cc(Br)c(F)cc1C. The molecule has 4 heteroatoms. The number of aliphatic imine (C=N–C) groups is 1. The fourth-order valence-electron chi connectivity index (χ4n) is 0.946. The molecule has 2 N–H and O–H groups in total.